The lowest BCUT2D eigenvalue weighted by atomic mass is 9.77. The summed E-state index contributed by atoms with van der Waals surface area (Å²) in [6.45, 7) is 0.447. The van der Waals surface area contributed by atoms with Crippen LogP contribution in [0.1, 0.15) is 5.56 Å². The molecule has 0 aliphatic carbocycles. The van der Waals surface area contributed by atoms with Crippen molar-refractivity contribution in [3.05, 3.63) is 42.0 Å². The highest BCUT2D eigenvalue weighted by Gasteiger charge is 2.14. The molecule has 15 heavy (non-hydrogen) atoms. The first-order chi connectivity index (χ1) is 7.24. The van der Waals surface area contributed by atoms with E-state index in [4.69, 9.17) is 5.73 Å². The van der Waals surface area contributed by atoms with Crippen molar-refractivity contribution in [2.75, 3.05) is 0 Å². The van der Waals surface area contributed by atoms with E-state index in [1.165, 1.54) is 0 Å². The largest absolute Gasteiger partial charge is 0.489 e. The van der Waals surface area contributed by atoms with Crippen LogP contribution in [0.3, 0.4) is 0 Å². The van der Waals surface area contributed by atoms with Crippen molar-refractivity contribution >= 4 is 23.4 Å². The lowest BCUT2D eigenvalue weighted by Gasteiger charge is -2.08. The minimum absolute atomic E-state index is 0.447. The average molecular weight is 201 g/mol. The molecule has 0 saturated heterocycles. The molecule has 0 fully saturated rings. The van der Waals surface area contributed by atoms with Crippen LogP contribution in [0.5, 0.6) is 0 Å². The Labute approximate surface area is 88.3 Å². The van der Waals surface area contributed by atoms with E-state index in [-0.39, 0.29) is 0 Å². The number of benzene rings is 2. The zero-order valence-corrected chi connectivity index (χ0v) is 8.22. The molecule has 76 valence electrons. The van der Waals surface area contributed by atoms with Gasteiger partial charge in [-0.15, -0.1) is 0 Å². The van der Waals surface area contributed by atoms with Crippen LogP contribution >= 0.6 is 0 Å². The molecule has 0 atom stereocenters. The summed E-state index contributed by atoms with van der Waals surface area (Å²) in [7, 11) is -1.44. The molecule has 0 radical (unpaired) electrons. The summed E-state index contributed by atoms with van der Waals surface area (Å²) in [5, 5.41) is 20.2. The number of hydrogen-bond donors (Lipinski definition) is 3. The third-order valence-electron chi connectivity index (χ3n) is 2.54. The number of hydrogen-bond acceptors (Lipinski definition) is 3. The molecule has 0 spiro atoms. The Balaban J connectivity index is 2.76. The van der Waals surface area contributed by atoms with E-state index in [9.17, 15) is 10.0 Å². The fourth-order valence-corrected chi connectivity index (χ4v) is 1.80. The van der Waals surface area contributed by atoms with E-state index >= 15 is 0 Å². The van der Waals surface area contributed by atoms with Crippen LogP contribution in [0.25, 0.3) is 10.8 Å². The van der Waals surface area contributed by atoms with Crippen LogP contribution in [-0.2, 0) is 6.54 Å². The highest BCUT2D eigenvalue weighted by molar-refractivity contribution is 6.62. The highest BCUT2D eigenvalue weighted by atomic mass is 16.4. The summed E-state index contributed by atoms with van der Waals surface area (Å²) in [5.74, 6) is 0. The second-order valence-electron chi connectivity index (χ2n) is 3.44. The van der Waals surface area contributed by atoms with Crippen LogP contribution in [0.15, 0.2) is 36.4 Å². The first-order valence-electron chi connectivity index (χ1n) is 4.80. The Morgan fingerprint density at radius 3 is 2.33 bits per heavy atom. The summed E-state index contributed by atoms with van der Waals surface area (Å²) in [5.41, 5.74) is 7.14. The molecule has 0 aliphatic rings. The molecule has 0 aliphatic heterocycles. The van der Waals surface area contributed by atoms with Gasteiger partial charge in [-0.25, -0.2) is 0 Å². The zero-order chi connectivity index (χ0) is 10.8. The Hall–Kier alpha value is -1.36. The molecule has 0 amide bonds. The van der Waals surface area contributed by atoms with Gasteiger partial charge in [0.25, 0.3) is 0 Å². The quantitative estimate of drug-likeness (QED) is 0.598. The first-order valence-corrected chi connectivity index (χ1v) is 4.80. The predicted molar refractivity (Wildman–Crippen MR) is 61.7 cm³/mol. The van der Waals surface area contributed by atoms with Gasteiger partial charge in [-0.3, -0.25) is 0 Å². The van der Waals surface area contributed by atoms with Crippen molar-refractivity contribution in [3.8, 4) is 0 Å². The van der Waals surface area contributed by atoms with Crippen LogP contribution < -0.4 is 11.2 Å². The summed E-state index contributed by atoms with van der Waals surface area (Å²) < 4.78 is 0. The van der Waals surface area contributed by atoms with Crippen molar-refractivity contribution in [3.63, 3.8) is 0 Å². The molecule has 2 aromatic carbocycles. The number of fused-ring (bicyclic) bond motifs is 1. The standard InChI is InChI=1S/C11H12BNO2/c13-7-8-3-1-5-10-9(8)4-2-6-11(10)12(14)15/h1-6,14-15H,7,13H2. The maximum atomic E-state index is 9.21. The summed E-state index contributed by atoms with van der Waals surface area (Å²) in [4.78, 5) is 0. The minimum Gasteiger partial charge on any atom is -0.423 e. The molecule has 0 saturated carbocycles. The van der Waals surface area contributed by atoms with E-state index in [0.717, 1.165) is 16.3 Å². The zero-order valence-electron chi connectivity index (χ0n) is 8.22. The van der Waals surface area contributed by atoms with Gasteiger partial charge in [0, 0.05) is 6.54 Å². The average Bonchev–Trinajstić information content (AvgIpc) is 2.27. The lowest BCUT2D eigenvalue weighted by molar-refractivity contribution is 0.426. The molecular weight excluding hydrogens is 189 g/mol. The van der Waals surface area contributed by atoms with E-state index in [1.54, 1.807) is 12.1 Å². The molecule has 0 unspecified atom stereocenters. The predicted octanol–water partition coefficient (Wildman–Crippen LogP) is -0.0217. The van der Waals surface area contributed by atoms with E-state index in [0.29, 0.717) is 12.0 Å². The SMILES string of the molecule is NCc1cccc2c(B(O)O)cccc12. The first kappa shape index (κ1) is 10.2. The molecular formula is C11H12BNO2. The Morgan fingerprint density at radius 1 is 1.00 bits per heavy atom. The van der Waals surface area contributed by atoms with Gasteiger partial charge in [0.15, 0.2) is 0 Å². The Morgan fingerprint density at radius 2 is 1.67 bits per heavy atom. The fraction of sp³-hybridized carbons (Fsp3) is 0.0909. The smallest absolute Gasteiger partial charge is 0.423 e. The molecule has 0 heterocycles. The van der Waals surface area contributed by atoms with Gasteiger partial charge in [-0.05, 0) is 21.8 Å². The summed E-state index contributed by atoms with van der Waals surface area (Å²) in [6.07, 6.45) is 0. The van der Waals surface area contributed by atoms with E-state index in [2.05, 4.69) is 0 Å². The van der Waals surface area contributed by atoms with Gasteiger partial charge in [0.1, 0.15) is 0 Å². The molecule has 3 nitrogen and oxygen atoms in total. The maximum absolute atomic E-state index is 9.21. The van der Waals surface area contributed by atoms with Gasteiger partial charge in [-0.2, -0.15) is 0 Å². The third-order valence-corrected chi connectivity index (χ3v) is 2.54. The molecule has 4 heteroatoms. The Bertz CT molecular complexity index is 485. The van der Waals surface area contributed by atoms with Crippen LogP contribution in [-0.4, -0.2) is 17.2 Å². The topological polar surface area (TPSA) is 66.5 Å². The van der Waals surface area contributed by atoms with E-state index < -0.39 is 7.12 Å². The van der Waals surface area contributed by atoms with E-state index in [1.807, 2.05) is 24.3 Å². The molecule has 0 bridgehead atoms. The molecule has 2 aromatic rings. The normalized spacial score (nSPS) is 10.6. The molecule has 2 rings (SSSR count). The van der Waals surface area contributed by atoms with Crippen LogP contribution in [0, 0.1) is 0 Å². The van der Waals surface area contributed by atoms with Crippen LogP contribution in [0.2, 0.25) is 0 Å². The molecule has 4 N–H and O–H groups in total. The number of rotatable bonds is 2. The Kier molecular flexibility index (Phi) is 2.73. The minimum atomic E-state index is -1.44. The fourth-order valence-electron chi connectivity index (χ4n) is 1.80. The van der Waals surface area contributed by atoms with Gasteiger partial charge in [0.05, 0.1) is 0 Å². The van der Waals surface area contributed by atoms with Gasteiger partial charge < -0.3 is 15.8 Å². The van der Waals surface area contributed by atoms with Crippen molar-refractivity contribution in [2.24, 2.45) is 5.73 Å². The van der Waals surface area contributed by atoms with Gasteiger partial charge in [0.2, 0.25) is 0 Å². The monoisotopic (exact) mass is 201 g/mol. The highest BCUT2D eigenvalue weighted by Crippen LogP contribution is 2.16. The van der Waals surface area contributed by atoms with Gasteiger partial charge >= 0.3 is 7.12 Å². The van der Waals surface area contributed by atoms with Crippen molar-refractivity contribution in [2.45, 2.75) is 6.54 Å². The third kappa shape index (κ3) is 1.75. The number of nitrogens with two attached hydrogens (primary N) is 1. The van der Waals surface area contributed by atoms with Crippen molar-refractivity contribution in [1.82, 2.24) is 0 Å². The molecule has 0 aromatic heterocycles. The lowest BCUT2D eigenvalue weighted by Crippen LogP contribution is -2.30. The maximum Gasteiger partial charge on any atom is 0.489 e. The van der Waals surface area contributed by atoms with Crippen LogP contribution in [0.4, 0.5) is 0 Å². The van der Waals surface area contributed by atoms with Crippen molar-refractivity contribution in [1.29, 1.82) is 0 Å². The summed E-state index contributed by atoms with van der Waals surface area (Å²) in [6, 6.07) is 11.1. The second-order valence-corrected chi connectivity index (χ2v) is 3.44. The summed E-state index contributed by atoms with van der Waals surface area (Å²) >= 11 is 0. The van der Waals surface area contributed by atoms with Gasteiger partial charge in [-0.1, -0.05) is 36.4 Å². The second kappa shape index (κ2) is 4.02. The van der Waals surface area contributed by atoms with Crippen molar-refractivity contribution < 1.29 is 10.0 Å².